The second kappa shape index (κ2) is 6.78. The minimum Gasteiger partial charge on any atom is -0.198 e. The van der Waals surface area contributed by atoms with E-state index in [1.807, 2.05) is 0 Å². The first kappa shape index (κ1) is 19.6. The lowest BCUT2D eigenvalue weighted by atomic mass is 9.82. The highest BCUT2D eigenvalue weighted by atomic mass is 14.9. The molecule has 0 fully saturated rings. The van der Waals surface area contributed by atoms with Gasteiger partial charge in [0.1, 0.15) is 7.05 Å². The summed E-state index contributed by atoms with van der Waals surface area (Å²) < 4.78 is 2.36. The van der Waals surface area contributed by atoms with E-state index in [9.17, 15) is 0 Å². The zero-order valence-electron chi connectivity index (χ0n) is 18.5. The molecule has 0 bridgehead atoms. The Kier molecular flexibility index (Phi) is 4.93. The summed E-state index contributed by atoms with van der Waals surface area (Å²) in [4.78, 5) is 0. The summed E-state index contributed by atoms with van der Waals surface area (Å²) in [7, 11) is 2.20. The number of hydrogen-bond donors (Lipinski definition) is 0. The van der Waals surface area contributed by atoms with Crippen molar-refractivity contribution in [3.63, 3.8) is 0 Å². The van der Waals surface area contributed by atoms with Gasteiger partial charge in [0.25, 0.3) is 0 Å². The summed E-state index contributed by atoms with van der Waals surface area (Å²) in [5.74, 6) is 0.511. The van der Waals surface area contributed by atoms with Crippen LogP contribution in [-0.2, 0) is 12.5 Å². The second-order valence-electron chi connectivity index (χ2n) is 9.37. The molecule has 0 unspecified atom stereocenters. The highest BCUT2D eigenvalue weighted by Gasteiger charge is 2.24. The van der Waals surface area contributed by atoms with E-state index >= 15 is 0 Å². The van der Waals surface area contributed by atoms with Crippen molar-refractivity contribution in [2.45, 2.75) is 66.7 Å². The molecule has 3 aromatic rings. The maximum Gasteiger partial charge on any atom is 0.220 e. The fourth-order valence-corrected chi connectivity index (χ4v) is 3.98. The van der Waals surface area contributed by atoms with Gasteiger partial charge in [-0.3, -0.25) is 0 Å². The monoisotopic (exact) mass is 360 g/mol. The van der Waals surface area contributed by atoms with Crippen LogP contribution in [0, 0.1) is 20.8 Å². The van der Waals surface area contributed by atoms with Gasteiger partial charge in [0.15, 0.2) is 5.69 Å². The lowest BCUT2D eigenvalue weighted by Crippen LogP contribution is -2.35. The molecular formula is C26H34N+. The minimum absolute atomic E-state index is 0.133. The molecule has 0 atom stereocenters. The molecule has 3 rings (SSSR count). The Balaban J connectivity index is 2.47. The van der Waals surface area contributed by atoms with Crippen molar-refractivity contribution in [2.75, 3.05) is 0 Å². The van der Waals surface area contributed by atoms with Gasteiger partial charge in [0.05, 0.1) is 10.9 Å². The minimum atomic E-state index is 0.133. The molecule has 1 heterocycles. The molecule has 0 saturated carbocycles. The van der Waals surface area contributed by atoms with E-state index in [0.717, 1.165) is 0 Å². The Bertz CT molecular complexity index is 1020. The van der Waals surface area contributed by atoms with Gasteiger partial charge in [0, 0.05) is 13.0 Å². The van der Waals surface area contributed by atoms with Crippen LogP contribution in [0.3, 0.4) is 0 Å². The number of nitrogens with zero attached hydrogens (tertiary/aromatic N) is 1. The molecule has 0 aliphatic rings. The van der Waals surface area contributed by atoms with E-state index in [4.69, 9.17) is 0 Å². The Hall–Kier alpha value is -2.15. The second-order valence-corrected chi connectivity index (χ2v) is 9.37. The van der Waals surface area contributed by atoms with E-state index in [1.54, 1.807) is 0 Å². The summed E-state index contributed by atoms with van der Waals surface area (Å²) in [5, 5.41) is 2.74. The van der Waals surface area contributed by atoms with Crippen LogP contribution in [0.2, 0.25) is 0 Å². The largest absolute Gasteiger partial charge is 0.220 e. The van der Waals surface area contributed by atoms with Crippen LogP contribution in [0.1, 0.15) is 68.5 Å². The summed E-state index contributed by atoms with van der Waals surface area (Å²) in [5.41, 5.74) is 9.69. The first-order valence-electron chi connectivity index (χ1n) is 10.1. The quantitative estimate of drug-likeness (QED) is 0.449. The van der Waals surface area contributed by atoms with Gasteiger partial charge in [-0.15, -0.1) is 0 Å². The van der Waals surface area contributed by atoms with Gasteiger partial charge >= 0.3 is 0 Å². The fraction of sp³-hybridized carbons (Fsp3) is 0.423. The van der Waals surface area contributed by atoms with Gasteiger partial charge < -0.3 is 0 Å². The molecule has 1 heteroatoms. The van der Waals surface area contributed by atoms with Crippen LogP contribution >= 0.6 is 0 Å². The zero-order valence-corrected chi connectivity index (χ0v) is 18.5. The zero-order chi connectivity index (χ0) is 20.1. The molecule has 0 aliphatic heterocycles. The van der Waals surface area contributed by atoms with E-state index < -0.39 is 0 Å². The van der Waals surface area contributed by atoms with Gasteiger partial charge in [-0.25, -0.2) is 0 Å². The summed E-state index contributed by atoms with van der Waals surface area (Å²) >= 11 is 0. The smallest absolute Gasteiger partial charge is 0.198 e. The molecule has 0 amide bonds. The number of pyridine rings is 1. The third kappa shape index (κ3) is 3.40. The lowest BCUT2D eigenvalue weighted by Gasteiger charge is -2.22. The standard InChI is InChI=1S/C26H34N/c1-16(2)21-11-10-12-22-24(21)14-18(4)27(9)25(22)23-15-20(26(6,7)8)13-17(3)19(23)5/h10-16H,1-9H3/q+1. The van der Waals surface area contributed by atoms with Crippen LogP contribution in [0.15, 0.2) is 36.4 Å². The molecule has 0 spiro atoms. The third-order valence-corrected chi connectivity index (χ3v) is 6.02. The van der Waals surface area contributed by atoms with Crippen molar-refractivity contribution in [1.29, 1.82) is 0 Å². The van der Waals surface area contributed by atoms with Crippen LogP contribution in [0.4, 0.5) is 0 Å². The van der Waals surface area contributed by atoms with E-state index in [2.05, 4.69) is 103 Å². The normalized spacial score (nSPS) is 12.2. The van der Waals surface area contributed by atoms with E-state index in [0.29, 0.717) is 5.92 Å². The molecule has 2 aromatic carbocycles. The van der Waals surface area contributed by atoms with Crippen molar-refractivity contribution >= 4 is 10.8 Å². The number of aryl methyl sites for hydroxylation is 2. The van der Waals surface area contributed by atoms with Crippen molar-refractivity contribution in [3.8, 4) is 11.3 Å². The maximum atomic E-state index is 2.42. The summed E-state index contributed by atoms with van der Waals surface area (Å²) in [6.07, 6.45) is 0. The average molecular weight is 361 g/mol. The van der Waals surface area contributed by atoms with Crippen molar-refractivity contribution in [3.05, 3.63) is 64.3 Å². The predicted octanol–water partition coefficient (Wildman–Crippen LogP) is 6.68. The molecule has 0 aliphatic carbocycles. The Morgan fingerprint density at radius 2 is 1.56 bits per heavy atom. The maximum absolute atomic E-state index is 2.42. The fourth-order valence-electron chi connectivity index (χ4n) is 3.98. The number of benzene rings is 2. The molecule has 27 heavy (non-hydrogen) atoms. The van der Waals surface area contributed by atoms with Crippen LogP contribution in [0.5, 0.6) is 0 Å². The molecule has 0 saturated heterocycles. The SMILES string of the molecule is Cc1cc(C(C)(C)C)cc(-c2c3cccc(C(C)C)c3cc(C)[n+]2C)c1C. The average Bonchev–Trinajstić information content (AvgIpc) is 2.57. The van der Waals surface area contributed by atoms with Crippen molar-refractivity contribution in [1.82, 2.24) is 0 Å². The predicted molar refractivity (Wildman–Crippen MR) is 118 cm³/mol. The molecule has 1 aromatic heterocycles. The number of hydrogen-bond acceptors (Lipinski definition) is 0. The first-order chi connectivity index (χ1) is 12.5. The highest BCUT2D eigenvalue weighted by Crippen LogP contribution is 2.36. The number of aromatic nitrogens is 1. The van der Waals surface area contributed by atoms with E-state index in [-0.39, 0.29) is 5.41 Å². The van der Waals surface area contributed by atoms with Gasteiger partial charge in [0.2, 0.25) is 5.69 Å². The third-order valence-electron chi connectivity index (χ3n) is 6.02. The van der Waals surface area contributed by atoms with Crippen LogP contribution in [0.25, 0.3) is 22.0 Å². The first-order valence-corrected chi connectivity index (χ1v) is 10.1. The topological polar surface area (TPSA) is 3.88 Å². The lowest BCUT2D eigenvalue weighted by molar-refractivity contribution is -0.665. The molecule has 142 valence electrons. The van der Waals surface area contributed by atoms with Crippen LogP contribution in [-0.4, -0.2) is 0 Å². The summed E-state index contributed by atoms with van der Waals surface area (Å²) in [6.45, 7) is 18.2. The van der Waals surface area contributed by atoms with Crippen molar-refractivity contribution in [2.24, 2.45) is 7.05 Å². The Morgan fingerprint density at radius 3 is 2.15 bits per heavy atom. The van der Waals surface area contributed by atoms with Gasteiger partial charge in [-0.1, -0.05) is 52.8 Å². The molecule has 0 radical (unpaired) electrons. The summed E-state index contributed by atoms with van der Waals surface area (Å²) in [6, 6.07) is 13.9. The van der Waals surface area contributed by atoms with Gasteiger partial charge in [-0.2, -0.15) is 4.57 Å². The molecule has 0 N–H and O–H groups in total. The van der Waals surface area contributed by atoms with Crippen molar-refractivity contribution < 1.29 is 4.57 Å². The highest BCUT2D eigenvalue weighted by molar-refractivity contribution is 5.96. The Labute approximate surface area is 165 Å². The number of fused-ring (bicyclic) bond motifs is 1. The van der Waals surface area contributed by atoms with E-state index in [1.165, 1.54) is 50.0 Å². The molecule has 1 nitrogen and oxygen atoms in total. The Morgan fingerprint density at radius 1 is 0.889 bits per heavy atom. The van der Waals surface area contributed by atoms with Gasteiger partial charge in [-0.05, 0) is 65.0 Å². The molecular weight excluding hydrogens is 326 g/mol. The number of rotatable bonds is 2. The van der Waals surface area contributed by atoms with Crippen LogP contribution < -0.4 is 4.57 Å².